The zero-order valence-electron chi connectivity index (χ0n) is 14.4. The van der Waals surface area contributed by atoms with E-state index in [9.17, 15) is 13.6 Å². The second-order valence-electron chi connectivity index (χ2n) is 5.95. The van der Waals surface area contributed by atoms with Crippen LogP contribution in [0.15, 0.2) is 64.6 Å². The van der Waals surface area contributed by atoms with E-state index in [4.69, 9.17) is 28.3 Å². The second kappa shape index (κ2) is 7.67. The first-order chi connectivity index (χ1) is 13.9. The van der Waals surface area contributed by atoms with Crippen LogP contribution < -0.4 is 0 Å². The van der Waals surface area contributed by atoms with Crippen molar-refractivity contribution in [3.8, 4) is 5.69 Å². The van der Waals surface area contributed by atoms with Crippen molar-refractivity contribution in [2.75, 3.05) is 0 Å². The van der Waals surface area contributed by atoms with E-state index < -0.39 is 23.2 Å². The number of aromatic carboxylic acids is 1. The fourth-order valence-corrected chi connectivity index (χ4v) is 4.51. The Morgan fingerprint density at radius 3 is 2.55 bits per heavy atom. The summed E-state index contributed by atoms with van der Waals surface area (Å²) in [7, 11) is 0. The normalized spacial score (nSPS) is 11.2. The minimum absolute atomic E-state index is 0.0485. The highest BCUT2D eigenvalue weighted by atomic mass is 35.5. The third-order valence-corrected chi connectivity index (χ3v) is 6.15. The Labute approximate surface area is 177 Å². The van der Waals surface area contributed by atoms with Crippen LogP contribution in [0.2, 0.25) is 10.2 Å². The van der Waals surface area contributed by atoms with Gasteiger partial charge in [-0.2, -0.15) is 0 Å². The van der Waals surface area contributed by atoms with Crippen molar-refractivity contribution in [1.82, 2.24) is 9.55 Å². The fraction of sp³-hybridized carbons (Fsp3) is 0. The molecule has 0 radical (unpaired) electrons. The number of nitrogens with zero attached hydrogens (tertiary/aromatic N) is 2. The van der Waals surface area contributed by atoms with E-state index in [0.717, 1.165) is 11.8 Å². The molecule has 4 rings (SSSR count). The Balaban J connectivity index is 1.98. The summed E-state index contributed by atoms with van der Waals surface area (Å²) in [6.45, 7) is 0. The molecule has 0 bridgehead atoms. The molecule has 0 atom stereocenters. The van der Waals surface area contributed by atoms with E-state index in [-0.39, 0.29) is 20.6 Å². The number of aromatic nitrogens is 2. The van der Waals surface area contributed by atoms with Gasteiger partial charge in [-0.15, -0.1) is 0 Å². The summed E-state index contributed by atoms with van der Waals surface area (Å²) in [4.78, 5) is 15.7. The molecule has 2 heterocycles. The highest BCUT2D eigenvalue weighted by Crippen LogP contribution is 2.45. The zero-order valence-corrected chi connectivity index (χ0v) is 16.7. The highest BCUT2D eigenvalue weighted by molar-refractivity contribution is 7.99. The van der Waals surface area contributed by atoms with Crippen molar-refractivity contribution >= 4 is 51.8 Å². The largest absolute Gasteiger partial charge is 0.478 e. The molecule has 1 N–H and O–H groups in total. The maximum Gasteiger partial charge on any atom is 0.338 e. The van der Waals surface area contributed by atoms with Gasteiger partial charge in [-0.1, -0.05) is 41.0 Å². The van der Waals surface area contributed by atoms with Crippen LogP contribution in [-0.2, 0) is 0 Å². The molecule has 4 aromatic rings. The molecule has 0 saturated heterocycles. The molecule has 0 aliphatic carbocycles. The Kier molecular flexibility index (Phi) is 5.21. The topological polar surface area (TPSA) is 55.1 Å². The Hall–Kier alpha value is -2.61. The van der Waals surface area contributed by atoms with E-state index in [1.807, 2.05) is 0 Å². The van der Waals surface area contributed by atoms with Gasteiger partial charge in [-0.25, -0.2) is 13.6 Å². The van der Waals surface area contributed by atoms with Gasteiger partial charge in [-0.05, 0) is 36.4 Å². The van der Waals surface area contributed by atoms with Gasteiger partial charge in [-0.3, -0.25) is 9.55 Å². The van der Waals surface area contributed by atoms with Crippen LogP contribution >= 0.6 is 35.0 Å². The summed E-state index contributed by atoms with van der Waals surface area (Å²) >= 11 is 13.5. The summed E-state index contributed by atoms with van der Waals surface area (Å²) < 4.78 is 31.0. The third kappa shape index (κ3) is 3.35. The van der Waals surface area contributed by atoms with Crippen LogP contribution in [0, 0.1) is 11.6 Å². The SMILES string of the molecule is O=C(O)c1cccc(Sc2c(Cl)n(-c3cccnc3)c3c(F)c(Cl)ccc23)c1F. The summed E-state index contributed by atoms with van der Waals surface area (Å²) in [6, 6.07) is 10.4. The van der Waals surface area contributed by atoms with Gasteiger partial charge in [0, 0.05) is 16.5 Å². The van der Waals surface area contributed by atoms with Crippen molar-refractivity contribution in [1.29, 1.82) is 0 Å². The number of hydrogen-bond donors (Lipinski definition) is 1. The van der Waals surface area contributed by atoms with Crippen molar-refractivity contribution in [3.05, 3.63) is 82.2 Å². The van der Waals surface area contributed by atoms with E-state index in [2.05, 4.69) is 4.98 Å². The molecule has 146 valence electrons. The van der Waals surface area contributed by atoms with Crippen molar-refractivity contribution in [2.24, 2.45) is 0 Å². The van der Waals surface area contributed by atoms with E-state index in [0.29, 0.717) is 16.0 Å². The van der Waals surface area contributed by atoms with E-state index in [1.165, 1.54) is 35.0 Å². The monoisotopic (exact) mass is 450 g/mol. The van der Waals surface area contributed by atoms with E-state index >= 15 is 0 Å². The predicted molar refractivity (Wildman–Crippen MR) is 109 cm³/mol. The van der Waals surface area contributed by atoms with Crippen molar-refractivity contribution in [3.63, 3.8) is 0 Å². The zero-order chi connectivity index (χ0) is 20.7. The van der Waals surface area contributed by atoms with Gasteiger partial charge in [0.15, 0.2) is 11.6 Å². The van der Waals surface area contributed by atoms with Crippen LogP contribution in [0.3, 0.4) is 0 Å². The maximum absolute atomic E-state index is 14.9. The Morgan fingerprint density at radius 1 is 1.07 bits per heavy atom. The van der Waals surface area contributed by atoms with Gasteiger partial charge in [0.1, 0.15) is 5.15 Å². The number of carboxylic acid groups (broad SMARTS) is 1. The van der Waals surface area contributed by atoms with Crippen molar-refractivity contribution in [2.45, 2.75) is 9.79 Å². The maximum atomic E-state index is 14.9. The molecule has 2 aromatic carbocycles. The van der Waals surface area contributed by atoms with Gasteiger partial charge in [0.25, 0.3) is 0 Å². The minimum Gasteiger partial charge on any atom is -0.478 e. The van der Waals surface area contributed by atoms with Gasteiger partial charge in [0.2, 0.25) is 0 Å². The van der Waals surface area contributed by atoms with Gasteiger partial charge in [0.05, 0.1) is 32.9 Å². The standard InChI is InChI=1S/C20H10Cl2F2N2O2S/c21-13-7-6-12-17(16(13)24)26(10-3-2-8-25-9-10)19(22)18(12)29-14-5-1-4-11(15(14)23)20(27)28/h1-9H,(H,27,28). The lowest BCUT2D eigenvalue weighted by molar-refractivity contribution is 0.0691. The van der Waals surface area contributed by atoms with Crippen LogP contribution in [0.4, 0.5) is 8.78 Å². The Morgan fingerprint density at radius 2 is 1.86 bits per heavy atom. The predicted octanol–water partition coefficient (Wildman–Crippen LogP) is 6.46. The van der Waals surface area contributed by atoms with Gasteiger partial charge >= 0.3 is 5.97 Å². The van der Waals surface area contributed by atoms with Gasteiger partial charge < -0.3 is 5.11 Å². The highest BCUT2D eigenvalue weighted by Gasteiger charge is 2.24. The first kappa shape index (κ1) is 19.7. The Bertz CT molecular complexity index is 1260. The third-order valence-electron chi connectivity index (χ3n) is 4.23. The molecule has 0 fully saturated rings. The molecule has 0 aliphatic heterocycles. The first-order valence-electron chi connectivity index (χ1n) is 8.18. The molecule has 0 unspecified atom stereocenters. The summed E-state index contributed by atoms with van der Waals surface area (Å²) in [5.41, 5.74) is 0.152. The number of rotatable bonds is 4. The molecule has 0 saturated carbocycles. The fourth-order valence-electron chi connectivity index (χ4n) is 2.94. The van der Waals surface area contributed by atoms with Crippen LogP contribution in [0.1, 0.15) is 10.4 Å². The van der Waals surface area contributed by atoms with Crippen LogP contribution in [0.25, 0.3) is 16.6 Å². The summed E-state index contributed by atoms with van der Waals surface area (Å²) in [6.07, 6.45) is 3.07. The molecule has 0 amide bonds. The number of halogens is 4. The lowest BCUT2D eigenvalue weighted by atomic mass is 10.2. The summed E-state index contributed by atoms with van der Waals surface area (Å²) in [5, 5.41) is 9.59. The van der Waals surface area contributed by atoms with Crippen LogP contribution in [0.5, 0.6) is 0 Å². The molecule has 9 heteroatoms. The first-order valence-corrected chi connectivity index (χ1v) is 9.75. The molecule has 29 heavy (non-hydrogen) atoms. The number of carbonyl (C=O) groups is 1. The average Bonchev–Trinajstić information content (AvgIpc) is 2.99. The second-order valence-corrected chi connectivity index (χ2v) is 7.77. The molecule has 4 nitrogen and oxygen atoms in total. The molecule has 2 aromatic heterocycles. The van der Waals surface area contributed by atoms with Crippen LogP contribution in [-0.4, -0.2) is 20.6 Å². The number of fused-ring (bicyclic) bond motifs is 1. The quantitative estimate of drug-likeness (QED) is 0.387. The number of hydrogen-bond acceptors (Lipinski definition) is 3. The molecule has 0 spiro atoms. The number of pyridine rings is 1. The minimum atomic E-state index is -1.38. The average molecular weight is 451 g/mol. The molecular formula is C20H10Cl2F2N2O2S. The molecule has 0 aliphatic rings. The number of benzene rings is 2. The summed E-state index contributed by atoms with van der Waals surface area (Å²) in [5.74, 6) is -2.95. The van der Waals surface area contributed by atoms with E-state index in [1.54, 1.807) is 24.4 Å². The number of carboxylic acids is 1. The lowest BCUT2D eigenvalue weighted by Crippen LogP contribution is -2.01. The van der Waals surface area contributed by atoms with Crippen molar-refractivity contribution < 1.29 is 18.7 Å². The smallest absolute Gasteiger partial charge is 0.338 e. The lowest BCUT2D eigenvalue weighted by Gasteiger charge is -2.08. The molecular weight excluding hydrogens is 441 g/mol.